The van der Waals surface area contributed by atoms with Gasteiger partial charge in [-0.1, -0.05) is 24.3 Å². The van der Waals surface area contributed by atoms with Crippen molar-refractivity contribution >= 4 is 22.5 Å². The van der Waals surface area contributed by atoms with E-state index in [4.69, 9.17) is 0 Å². The molecule has 1 amide bonds. The zero-order chi connectivity index (χ0) is 20.2. The molecular formula is C22H24N6O. The van der Waals surface area contributed by atoms with E-state index in [2.05, 4.69) is 56.3 Å². The summed E-state index contributed by atoms with van der Waals surface area (Å²) in [5, 5.41) is 19.0. The van der Waals surface area contributed by atoms with Gasteiger partial charge < -0.3 is 10.6 Å². The van der Waals surface area contributed by atoms with Crippen LogP contribution in [0.25, 0.3) is 22.0 Å². The number of fused-ring (bicyclic) bond motifs is 1. The van der Waals surface area contributed by atoms with Crippen molar-refractivity contribution in [3.63, 3.8) is 0 Å². The zero-order valence-corrected chi connectivity index (χ0v) is 16.6. The summed E-state index contributed by atoms with van der Waals surface area (Å²) in [6.07, 6.45) is 4.66. The first-order valence-corrected chi connectivity index (χ1v) is 9.62. The van der Waals surface area contributed by atoms with Crippen LogP contribution in [0.1, 0.15) is 18.2 Å². The lowest BCUT2D eigenvalue weighted by Crippen LogP contribution is -2.26. The van der Waals surface area contributed by atoms with Gasteiger partial charge in [0, 0.05) is 62.0 Å². The quantitative estimate of drug-likeness (QED) is 0.425. The number of H-pyrrole nitrogens is 1. The van der Waals surface area contributed by atoms with Crippen LogP contribution < -0.4 is 10.6 Å². The Morgan fingerprint density at radius 3 is 2.66 bits per heavy atom. The van der Waals surface area contributed by atoms with E-state index in [1.54, 1.807) is 0 Å². The average molecular weight is 388 g/mol. The van der Waals surface area contributed by atoms with Crippen molar-refractivity contribution in [3.05, 3.63) is 66.1 Å². The lowest BCUT2D eigenvalue weighted by atomic mass is 10.0. The summed E-state index contributed by atoms with van der Waals surface area (Å²) in [7, 11) is 1.92. The number of aromatic nitrogens is 4. The van der Waals surface area contributed by atoms with Crippen molar-refractivity contribution in [1.82, 2.24) is 25.3 Å². The number of rotatable bonds is 7. The van der Waals surface area contributed by atoms with Crippen LogP contribution in [0.15, 0.2) is 54.9 Å². The van der Waals surface area contributed by atoms with Crippen LogP contribution in [0.4, 0.5) is 5.69 Å². The minimum Gasteiger partial charge on any atom is -0.383 e. The number of carbonyl (C=O) groups is 1. The largest absolute Gasteiger partial charge is 0.383 e. The van der Waals surface area contributed by atoms with Crippen LogP contribution in [0.5, 0.6) is 0 Å². The van der Waals surface area contributed by atoms with Gasteiger partial charge in [-0.3, -0.25) is 14.6 Å². The fraction of sp³-hybridized carbons (Fsp3) is 0.227. The monoisotopic (exact) mass is 388 g/mol. The molecule has 0 aliphatic carbocycles. The fourth-order valence-corrected chi connectivity index (χ4v) is 3.34. The molecule has 2 aromatic carbocycles. The maximum Gasteiger partial charge on any atom is 0.216 e. The lowest BCUT2D eigenvalue weighted by molar-refractivity contribution is -0.118. The predicted octanol–water partition coefficient (Wildman–Crippen LogP) is 3.10. The molecule has 7 nitrogen and oxygen atoms in total. The Bertz CT molecular complexity index is 1130. The Morgan fingerprint density at radius 2 is 1.93 bits per heavy atom. The zero-order valence-electron chi connectivity index (χ0n) is 16.6. The van der Waals surface area contributed by atoms with Gasteiger partial charge in [-0.2, -0.15) is 10.2 Å². The van der Waals surface area contributed by atoms with Gasteiger partial charge in [0.2, 0.25) is 5.91 Å². The van der Waals surface area contributed by atoms with E-state index < -0.39 is 0 Å². The first kappa shape index (κ1) is 18.7. The molecule has 0 aliphatic heterocycles. The third kappa shape index (κ3) is 4.45. The third-order valence-corrected chi connectivity index (χ3v) is 4.83. The van der Waals surface area contributed by atoms with E-state index in [0.717, 1.165) is 39.8 Å². The molecule has 0 fully saturated rings. The van der Waals surface area contributed by atoms with Crippen LogP contribution in [0.3, 0.4) is 0 Å². The summed E-state index contributed by atoms with van der Waals surface area (Å²) >= 11 is 0. The van der Waals surface area contributed by atoms with Crippen LogP contribution >= 0.6 is 0 Å². The highest BCUT2D eigenvalue weighted by molar-refractivity contribution is 5.85. The molecule has 0 unspecified atom stereocenters. The topological polar surface area (TPSA) is 87.6 Å². The molecule has 0 spiro atoms. The second kappa shape index (κ2) is 8.18. The first-order chi connectivity index (χ1) is 14.1. The highest BCUT2D eigenvalue weighted by Gasteiger charge is 2.08. The Balaban J connectivity index is 1.47. The van der Waals surface area contributed by atoms with Crippen molar-refractivity contribution in [1.29, 1.82) is 0 Å². The molecule has 0 aliphatic rings. The van der Waals surface area contributed by atoms with Gasteiger partial charge in [-0.05, 0) is 29.3 Å². The fourth-order valence-electron chi connectivity index (χ4n) is 3.34. The van der Waals surface area contributed by atoms with E-state index >= 15 is 0 Å². The normalized spacial score (nSPS) is 11.0. The number of hydrogen-bond acceptors (Lipinski definition) is 4. The molecule has 0 saturated heterocycles. The number of amides is 1. The van der Waals surface area contributed by atoms with Gasteiger partial charge >= 0.3 is 0 Å². The molecule has 2 heterocycles. The predicted molar refractivity (Wildman–Crippen MR) is 115 cm³/mol. The van der Waals surface area contributed by atoms with Crippen molar-refractivity contribution in [2.75, 3.05) is 18.4 Å². The smallest absolute Gasteiger partial charge is 0.216 e. The molecule has 7 heteroatoms. The van der Waals surface area contributed by atoms with E-state index in [9.17, 15) is 4.79 Å². The molecule has 2 aromatic heterocycles. The van der Waals surface area contributed by atoms with Gasteiger partial charge in [-0.25, -0.2) is 0 Å². The van der Waals surface area contributed by atoms with Gasteiger partial charge in [0.25, 0.3) is 0 Å². The molecule has 29 heavy (non-hydrogen) atoms. The highest BCUT2D eigenvalue weighted by Crippen LogP contribution is 2.24. The Labute approximate surface area is 169 Å². The average Bonchev–Trinajstić information content (AvgIpc) is 3.32. The second-order valence-corrected chi connectivity index (χ2v) is 7.12. The van der Waals surface area contributed by atoms with Gasteiger partial charge in [-0.15, -0.1) is 0 Å². The molecule has 3 N–H and O–H groups in total. The summed E-state index contributed by atoms with van der Waals surface area (Å²) < 4.78 is 1.81. The number of carbonyl (C=O) groups excluding carboxylic acids is 1. The minimum atomic E-state index is -0.0195. The van der Waals surface area contributed by atoms with E-state index in [1.165, 1.54) is 12.5 Å². The molecule has 148 valence electrons. The van der Waals surface area contributed by atoms with Crippen LogP contribution in [-0.2, 0) is 18.3 Å². The summed E-state index contributed by atoms with van der Waals surface area (Å²) in [4.78, 5) is 11.0. The molecule has 4 rings (SSSR count). The summed E-state index contributed by atoms with van der Waals surface area (Å²) in [6, 6.07) is 14.6. The van der Waals surface area contributed by atoms with Crippen LogP contribution in [0.2, 0.25) is 0 Å². The maximum atomic E-state index is 11.0. The van der Waals surface area contributed by atoms with Crippen LogP contribution in [0, 0.1) is 0 Å². The van der Waals surface area contributed by atoms with Crippen molar-refractivity contribution in [2.45, 2.75) is 13.3 Å². The van der Waals surface area contributed by atoms with Gasteiger partial charge in [0.1, 0.15) is 0 Å². The Kier molecular flexibility index (Phi) is 5.29. The summed E-state index contributed by atoms with van der Waals surface area (Å²) in [5.74, 6) is -0.0195. The number of aryl methyl sites for hydroxylation is 1. The number of nitrogens with one attached hydrogen (secondary N) is 3. The molecule has 4 aromatic rings. The summed E-state index contributed by atoms with van der Waals surface area (Å²) in [5.41, 5.74) is 6.52. The standard InChI is InChI=1S/C22H24N6O/c1-15(29)23-9-10-24-19-7-8-21-20(12-19)22(27-26-21)11-16-3-5-17(6-4-16)18-13-25-28(2)14-18/h3-8,12-14,24H,9-11H2,1-2H3,(H,23,29)(H,26,27). The SMILES string of the molecule is CC(=O)NCCNc1ccc2n[nH]c(Cc3ccc(-c4cnn(C)c4)cc3)c2c1. The number of benzene rings is 2. The van der Waals surface area contributed by atoms with E-state index in [1.807, 2.05) is 36.3 Å². The molecular weight excluding hydrogens is 364 g/mol. The van der Waals surface area contributed by atoms with Gasteiger partial charge in [0.15, 0.2) is 0 Å². The number of anilines is 1. The van der Waals surface area contributed by atoms with Crippen molar-refractivity contribution in [2.24, 2.45) is 7.05 Å². The van der Waals surface area contributed by atoms with Crippen molar-refractivity contribution in [3.8, 4) is 11.1 Å². The molecule has 0 radical (unpaired) electrons. The first-order valence-electron chi connectivity index (χ1n) is 9.62. The Hall–Kier alpha value is -3.61. The van der Waals surface area contributed by atoms with Crippen LogP contribution in [-0.4, -0.2) is 39.0 Å². The lowest BCUT2D eigenvalue weighted by Gasteiger charge is -2.07. The third-order valence-electron chi connectivity index (χ3n) is 4.83. The molecule has 0 bridgehead atoms. The Morgan fingerprint density at radius 1 is 1.10 bits per heavy atom. The van der Waals surface area contributed by atoms with Crippen molar-refractivity contribution < 1.29 is 4.79 Å². The van der Waals surface area contributed by atoms with E-state index in [0.29, 0.717) is 13.1 Å². The minimum absolute atomic E-state index is 0.0195. The highest BCUT2D eigenvalue weighted by atomic mass is 16.1. The number of nitrogens with zero attached hydrogens (tertiary/aromatic N) is 3. The molecule has 0 saturated carbocycles. The summed E-state index contributed by atoms with van der Waals surface area (Å²) in [6.45, 7) is 2.79. The molecule has 0 atom stereocenters. The number of aromatic amines is 1. The van der Waals surface area contributed by atoms with E-state index in [-0.39, 0.29) is 5.91 Å². The second-order valence-electron chi connectivity index (χ2n) is 7.12. The number of hydrogen-bond donors (Lipinski definition) is 3. The maximum absolute atomic E-state index is 11.0. The van der Waals surface area contributed by atoms with Gasteiger partial charge in [0.05, 0.1) is 11.7 Å².